The average molecular weight is 294 g/mol. The number of aromatic nitrogens is 2. The average Bonchev–Trinajstić information content (AvgIpc) is 2.48. The molecule has 3 N–H and O–H groups in total. The molecule has 0 unspecified atom stereocenters. The number of nitrogens with one attached hydrogen (secondary N) is 1. The zero-order valence-electron chi connectivity index (χ0n) is 12.6. The highest BCUT2D eigenvalue weighted by Gasteiger charge is 2.09. The molecule has 0 aromatic carbocycles. The number of fused-ring (bicyclic) bond motifs is 1. The van der Waals surface area contributed by atoms with Gasteiger partial charge >= 0.3 is 0 Å². The lowest BCUT2D eigenvalue weighted by molar-refractivity contribution is -0.105. The lowest BCUT2D eigenvalue weighted by Gasteiger charge is -2.09. The fourth-order valence-electron chi connectivity index (χ4n) is 2.26. The molecule has 2 rings (SSSR count). The number of nitrogens with two attached hydrogens (primary N) is 1. The van der Waals surface area contributed by atoms with Crippen LogP contribution in [0.2, 0.25) is 0 Å². The summed E-state index contributed by atoms with van der Waals surface area (Å²) in [7, 11) is 0. The number of pyridine rings is 2. The summed E-state index contributed by atoms with van der Waals surface area (Å²) >= 11 is 0. The fourth-order valence-corrected chi connectivity index (χ4v) is 2.26. The molecule has 112 valence electrons. The number of allylic oxidation sites excluding steroid dienone is 5. The summed E-state index contributed by atoms with van der Waals surface area (Å²) in [4.78, 5) is 19.1. The Labute approximate surface area is 129 Å². The van der Waals surface area contributed by atoms with Gasteiger partial charge in [-0.1, -0.05) is 24.8 Å². The molecule has 0 aliphatic heterocycles. The number of carbonyl (C=O) groups is 1. The molecule has 0 aliphatic carbocycles. The second-order valence-corrected chi connectivity index (χ2v) is 4.75. The fraction of sp³-hybridized carbons (Fsp3) is 0.118. The lowest BCUT2D eigenvalue weighted by Crippen LogP contribution is -2.00. The first-order chi connectivity index (χ1) is 10.6. The minimum Gasteiger partial charge on any atom is -0.383 e. The molecule has 2 aromatic rings. The van der Waals surface area contributed by atoms with Gasteiger partial charge < -0.3 is 11.1 Å². The Morgan fingerprint density at radius 2 is 2.18 bits per heavy atom. The molecule has 0 aliphatic rings. The first-order valence-electron chi connectivity index (χ1n) is 6.83. The van der Waals surface area contributed by atoms with Gasteiger partial charge in [0, 0.05) is 17.2 Å². The van der Waals surface area contributed by atoms with Gasteiger partial charge in [0.05, 0.1) is 5.69 Å². The monoisotopic (exact) mass is 294 g/mol. The molecule has 0 fully saturated rings. The summed E-state index contributed by atoms with van der Waals surface area (Å²) in [6.45, 7) is 7.80. The molecule has 5 heteroatoms. The number of amides is 1. The van der Waals surface area contributed by atoms with Gasteiger partial charge in [-0.15, -0.1) is 0 Å². The van der Waals surface area contributed by atoms with Crippen molar-refractivity contribution < 1.29 is 4.79 Å². The van der Waals surface area contributed by atoms with E-state index in [0.29, 0.717) is 18.0 Å². The van der Waals surface area contributed by atoms with E-state index in [2.05, 4.69) is 21.9 Å². The predicted octanol–water partition coefficient (Wildman–Crippen LogP) is 3.32. The van der Waals surface area contributed by atoms with Gasteiger partial charge in [-0.3, -0.25) is 4.79 Å². The summed E-state index contributed by atoms with van der Waals surface area (Å²) in [6.07, 6.45) is 7.90. The van der Waals surface area contributed by atoms with E-state index < -0.39 is 0 Å². The largest absolute Gasteiger partial charge is 0.383 e. The highest BCUT2D eigenvalue weighted by Crippen LogP contribution is 2.27. The molecule has 5 nitrogen and oxygen atoms in total. The van der Waals surface area contributed by atoms with E-state index in [1.54, 1.807) is 18.3 Å². The van der Waals surface area contributed by atoms with E-state index in [1.807, 2.05) is 32.1 Å². The highest BCUT2D eigenvalue weighted by atomic mass is 16.1. The topological polar surface area (TPSA) is 80.9 Å². The van der Waals surface area contributed by atoms with Crippen LogP contribution in [0.5, 0.6) is 0 Å². The van der Waals surface area contributed by atoms with Crippen LogP contribution in [-0.4, -0.2) is 16.4 Å². The molecule has 0 saturated carbocycles. The Balaban J connectivity index is 2.67. The molecule has 0 bridgehead atoms. The van der Waals surface area contributed by atoms with Gasteiger partial charge in [-0.05, 0) is 36.9 Å². The Kier molecular flexibility index (Phi) is 4.68. The summed E-state index contributed by atoms with van der Waals surface area (Å²) < 4.78 is 0. The van der Waals surface area contributed by atoms with Crippen molar-refractivity contribution in [2.24, 2.45) is 0 Å². The van der Waals surface area contributed by atoms with Gasteiger partial charge in [-0.25, -0.2) is 9.97 Å². The summed E-state index contributed by atoms with van der Waals surface area (Å²) in [5.74, 6) is 0.860. The van der Waals surface area contributed by atoms with Crippen LogP contribution in [0.15, 0.2) is 48.7 Å². The number of carbonyl (C=O) groups excluding carboxylic acids is 1. The van der Waals surface area contributed by atoms with Gasteiger partial charge in [0.1, 0.15) is 11.6 Å². The zero-order valence-corrected chi connectivity index (χ0v) is 12.6. The number of nitrogen functional groups attached to an aromatic ring is 1. The van der Waals surface area contributed by atoms with Gasteiger partial charge in [0.25, 0.3) is 0 Å². The minimum atomic E-state index is 0.394. The lowest BCUT2D eigenvalue weighted by atomic mass is 10.0. The molecule has 0 spiro atoms. The van der Waals surface area contributed by atoms with Crippen molar-refractivity contribution in [3.8, 4) is 0 Å². The van der Waals surface area contributed by atoms with E-state index in [-0.39, 0.29) is 0 Å². The van der Waals surface area contributed by atoms with E-state index in [0.717, 1.165) is 27.6 Å². The van der Waals surface area contributed by atoms with Crippen molar-refractivity contribution in [1.29, 1.82) is 0 Å². The molecular weight excluding hydrogens is 276 g/mol. The number of nitrogens with zero attached hydrogens (tertiary/aromatic N) is 2. The summed E-state index contributed by atoms with van der Waals surface area (Å²) in [5.41, 5.74) is 8.72. The molecule has 1 amide bonds. The third-order valence-electron chi connectivity index (χ3n) is 3.27. The van der Waals surface area contributed by atoms with Crippen LogP contribution in [0, 0.1) is 0 Å². The standard InChI is InChI=1S/C17H18N4O/c1-4-6-11(3)13(5-2)15-7-12-8-16(20-10-22)19-9-14(12)17(18)21-15/h4-10H,2H2,1,3H3,(H2,18,21)(H,19,20,22)/b6-4-,13-11+. The van der Waals surface area contributed by atoms with Crippen LogP contribution in [0.25, 0.3) is 16.3 Å². The molecule has 2 heterocycles. The Morgan fingerprint density at radius 1 is 1.41 bits per heavy atom. The first kappa shape index (κ1) is 15.4. The quantitative estimate of drug-likeness (QED) is 0.654. The summed E-state index contributed by atoms with van der Waals surface area (Å²) in [6, 6.07) is 3.67. The first-order valence-corrected chi connectivity index (χ1v) is 6.83. The van der Waals surface area contributed by atoms with Gasteiger partial charge in [0.2, 0.25) is 6.41 Å². The predicted molar refractivity (Wildman–Crippen MR) is 91.2 cm³/mol. The van der Waals surface area contributed by atoms with E-state index in [4.69, 9.17) is 5.73 Å². The van der Waals surface area contributed by atoms with Crippen molar-refractivity contribution in [3.63, 3.8) is 0 Å². The summed E-state index contributed by atoms with van der Waals surface area (Å²) in [5, 5.41) is 4.13. The van der Waals surface area contributed by atoms with Gasteiger partial charge in [0.15, 0.2) is 0 Å². The Bertz CT molecular complexity index is 791. The van der Waals surface area contributed by atoms with Crippen LogP contribution >= 0.6 is 0 Å². The molecule has 0 radical (unpaired) electrons. The third-order valence-corrected chi connectivity index (χ3v) is 3.27. The molecule has 2 aromatic heterocycles. The number of hydrogen-bond donors (Lipinski definition) is 2. The highest BCUT2D eigenvalue weighted by molar-refractivity contribution is 5.95. The van der Waals surface area contributed by atoms with Crippen LogP contribution < -0.4 is 11.1 Å². The number of rotatable bonds is 5. The smallest absolute Gasteiger partial charge is 0.212 e. The Morgan fingerprint density at radius 3 is 2.82 bits per heavy atom. The zero-order chi connectivity index (χ0) is 16.1. The van der Waals surface area contributed by atoms with Crippen molar-refractivity contribution in [3.05, 3.63) is 54.4 Å². The number of anilines is 2. The number of hydrogen-bond acceptors (Lipinski definition) is 4. The minimum absolute atomic E-state index is 0.394. The second kappa shape index (κ2) is 6.67. The third kappa shape index (κ3) is 3.03. The molecule has 0 saturated heterocycles. The Hall–Kier alpha value is -2.95. The van der Waals surface area contributed by atoms with Crippen molar-refractivity contribution in [2.45, 2.75) is 13.8 Å². The van der Waals surface area contributed by atoms with Crippen LogP contribution in [0.3, 0.4) is 0 Å². The van der Waals surface area contributed by atoms with E-state index >= 15 is 0 Å². The van der Waals surface area contributed by atoms with E-state index in [9.17, 15) is 4.79 Å². The van der Waals surface area contributed by atoms with Crippen LogP contribution in [-0.2, 0) is 4.79 Å². The van der Waals surface area contributed by atoms with Crippen molar-refractivity contribution >= 4 is 34.4 Å². The van der Waals surface area contributed by atoms with Gasteiger partial charge in [-0.2, -0.15) is 0 Å². The molecule has 22 heavy (non-hydrogen) atoms. The van der Waals surface area contributed by atoms with Crippen LogP contribution in [0.4, 0.5) is 11.6 Å². The molecule has 0 atom stereocenters. The second-order valence-electron chi connectivity index (χ2n) is 4.75. The normalized spacial score (nSPS) is 12.3. The van der Waals surface area contributed by atoms with Crippen molar-refractivity contribution in [2.75, 3.05) is 11.1 Å². The van der Waals surface area contributed by atoms with E-state index in [1.165, 1.54) is 0 Å². The molecular formula is C17H18N4O. The maximum Gasteiger partial charge on any atom is 0.212 e. The maximum atomic E-state index is 10.5. The maximum absolute atomic E-state index is 10.5. The SMILES string of the molecule is C=C/C(=C(C)\C=C/C)c1cc2cc(NC=O)ncc2c(N)n1. The van der Waals surface area contributed by atoms with Crippen LogP contribution in [0.1, 0.15) is 19.5 Å². The van der Waals surface area contributed by atoms with Crippen molar-refractivity contribution in [1.82, 2.24) is 9.97 Å².